The highest BCUT2D eigenvalue weighted by atomic mass is 35.5. The number of hydrogen-bond acceptors (Lipinski definition) is 2. The molecule has 1 aromatic heterocycles. The topological polar surface area (TPSA) is 12.9 Å². The van der Waals surface area contributed by atoms with Gasteiger partial charge in [-0.1, -0.05) is 32.4 Å². The molecule has 1 aromatic carbocycles. The van der Waals surface area contributed by atoms with E-state index in [4.69, 9.17) is 16.6 Å². The molecule has 3 heteroatoms. The van der Waals surface area contributed by atoms with Gasteiger partial charge >= 0.3 is 0 Å². The molecule has 19 heavy (non-hydrogen) atoms. The molecule has 0 bridgehead atoms. The number of thiazole rings is 1. The molecule has 0 amide bonds. The molecule has 1 aliphatic carbocycles. The summed E-state index contributed by atoms with van der Waals surface area (Å²) in [6.07, 6.45) is 4.81. The first-order valence-corrected chi connectivity index (χ1v) is 8.30. The van der Waals surface area contributed by atoms with Gasteiger partial charge in [-0.05, 0) is 36.3 Å². The van der Waals surface area contributed by atoms with Crippen molar-refractivity contribution in [2.45, 2.75) is 44.9 Å². The highest BCUT2D eigenvalue weighted by Gasteiger charge is 2.38. The maximum Gasteiger partial charge on any atom is 0.0953 e. The predicted molar refractivity (Wildman–Crippen MR) is 84.1 cm³/mol. The first kappa shape index (κ1) is 13.4. The summed E-state index contributed by atoms with van der Waals surface area (Å²) in [5.74, 6) is 0.626. The maximum absolute atomic E-state index is 6.70. The second-order valence-corrected chi connectivity index (χ2v) is 7.96. The molecule has 2 unspecified atom stereocenters. The second kappa shape index (κ2) is 5.06. The van der Waals surface area contributed by atoms with Gasteiger partial charge in [0.25, 0.3) is 0 Å². The van der Waals surface area contributed by atoms with Gasteiger partial charge < -0.3 is 0 Å². The molecule has 1 fully saturated rings. The molecule has 0 N–H and O–H groups in total. The van der Waals surface area contributed by atoms with Crippen LogP contribution >= 0.6 is 22.9 Å². The van der Waals surface area contributed by atoms with E-state index in [-0.39, 0.29) is 5.38 Å². The lowest BCUT2D eigenvalue weighted by molar-refractivity contribution is 0.250. The summed E-state index contributed by atoms with van der Waals surface area (Å²) in [6, 6.07) is 8.34. The minimum Gasteiger partial charge on any atom is -0.241 e. The van der Waals surface area contributed by atoms with E-state index in [0.717, 1.165) is 11.9 Å². The van der Waals surface area contributed by atoms with E-state index in [9.17, 15) is 0 Å². The molecule has 1 aliphatic rings. The summed E-state index contributed by atoms with van der Waals surface area (Å²) in [7, 11) is 0. The number of halogens is 1. The Balaban J connectivity index is 1.77. The van der Waals surface area contributed by atoms with Gasteiger partial charge in [-0.2, -0.15) is 0 Å². The van der Waals surface area contributed by atoms with Crippen LogP contribution < -0.4 is 0 Å². The van der Waals surface area contributed by atoms with Crippen LogP contribution in [0.4, 0.5) is 0 Å². The van der Waals surface area contributed by atoms with Gasteiger partial charge in [-0.25, -0.2) is 4.98 Å². The fraction of sp³-hybridized carbons (Fsp3) is 0.562. The summed E-state index contributed by atoms with van der Waals surface area (Å²) in [6.45, 7) is 4.72. The standard InChI is InChI=1S/C16H20ClNS/c1-16(2)9-5-6-11(16)12(17)10-15-18-13-7-3-4-8-14(13)19-15/h3-4,7-8,11-12H,5-6,9-10H2,1-2H3. The molecule has 0 saturated heterocycles. The Morgan fingerprint density at radius 2 is 2.21 bits per heavy atom. The summed E-state index contributed by atoms with van der Waals surface area (Å²) in [4.78, 5) is 4.71. The van der Waals surface area contributed by atoms with Crippen molar-refractivity contribution in [2.24, 2.45) is 11.3 Å². The zero-order valence-electron chi connectivity index (χ0n) is 11.5. The van der Waals surface area contributed by atoms with Gasteiger partial charge in [0, 0.05) is 11.8 Å². The molecule has 2 atom stereocenters. The Hall–Kier alpha value is -0.600. The maximum atomic E-state index is 6.70. The van der Waals surface area contributed by atoms with E-state index in [1.165, 1.54) is 29.0 Å². The van der Waals surface area contributed by atoms with Crippen LogP contribution in [0.15, 0.2) is 24.3 Å². The Kier molecular flexibility index (Phi) is 3.57. The molecule has 1 saturated carbocycles. The van der Waals surface area contributed by atoms with Gasteiger partial charge in [-0.15, -0.1) is 22.9 Å². The number of rotatable bonds is 3. The Morgan fingerprint density at radius 1 is 1.42 bits per heavy atom. The molecule has 0 aliphatic heterocycles. The average molecular weight is 294 g/mol. The lowest BCUT2D eigenvalue weighted by atomic mass is 9.79. The SMILES string of the molecule is CC1(C)CCCC1C(Cl)Cc1nc2ccccc2s1. The number of benzene rings is 1. The Bertz CT molecular complexity index is 542. The van der Waals surface area contributed by atoms with Crippen molar-refractivity contribution in [1.29, 1.82) is 0 Å². The number of aromatic nitrogens is 1. The van der Waals surface area contributed by atoms with Crippen LogP contribution in [0.25, 0.3) is 10.2 Å². The number of para-hydroxylation sites is 1. The molecule has 0 radical (unpaired) electrons. The van der Waals surface area contributed by atoms with Crippen LogP contribution in [0.3, 0.4) is 0 Å². The fourth-order valence-corrected chi connectivity index (χ4v) is 5.07. The highest BCUT2D eigenvalue weighted by molar-refractivity contribution is 7.18. The van der Waals surface area contributed by atoms with Crippen molar-refractivity contribution >= 4 is 33.2 Å². The van der Waals surface area contributed by atoms with Crippen LogP contribution in [0.2, 0.25) is 0 Å². The van der Waals surface area contributed by atoms with Gasteiger partial charge in [0.15, 0.2) is 0 Å². The smallest absolute Gasteiger partial charge is 0.0953 e. The second-order valence-electron chi connectivity index (χ2n) is 6.28. The van der Waals surface area contributed by atoms with Crippen molar-refractivity contribution in [3.8, 4) is 0 Å². The number of nitrogens with zero attached hydrogens (tertiary/aromatic N) is 1. The van der Waals surface area contributed by atoms with Crippen molar-refractivity contribution in [3.63, 3.8) is 0 Å². The predicted octanol–water partition coefficient (Wildman–Crippen LogP) is 5.27. The number of fused-ring (bicyclic) bond motifs is 1. The van der Waals surface area contributed by atoms with E-state index in [1.807, 2.05) is 6.07 Å². The minimum atomic E-state index is 0.220. The summed E-state index contributed by atoms with van der Waals surface area (Å²) >= 11 is 8.49. The Labute approximate surface area is 124 Å². The monoisotopic (exact) mass is 293 g/mol. The third kappa shape index (κ3) is 2.66. The van der Waals surface area contributed by atoms with Crippen molar-refractivity contribution < 1.29 is 0 Å². The third-order valence-electron chi connectivity index (χ3n) is 4.48. The molecule has 3 rings (SSSR count). The molecule has 0 spiro atoms. The van der Waals surface area contributed by atoms with Gasteiger partial charge in [0.05, 0.1) is 15.2 Å². The summed E-state index contributed by atoms with van der Waals surface area (Å²) in [5.41, 5.74) is 1.50. The van der Waals surface area contributed by atoms with Gasteiger partial charge in [0.2, 0.25) is 0 Å². The van der Waals surface area contributed by atoms with Crippen molar-refractivity contribution in [2.75, 3.05) is 0 Å². The fourth-order valence-electron chi connectivity index (χ4n) is 3.34. The number of hydrogen-bond donors (Lipinski definition) is 0. The van der Waals surface area contributed by atoms with Crippen molar-refractivity contribution in [3.05, 3.63) is 29.3 Å². The minimum absolute atomic E-state index is 0.220. The summed E-state index contributed by atoms with van der Waals surface area (Å²) in [5, 5.41) is 1.40. The quantitative estimate of drug-likeness (QED) is 0.702. The Morgan fingerprint density at radius 3 is 2.89 bits per heavy atom. The molecular formula is C16H20ClNS. The van der Waals surface area contributed by atoms with Gasteiger partial charge in [-0.3, -0.25) is 0 Å². The first-order valence-electron chi connectivity index (χ1n) is 7.05. The largest absolute Gasteiger partial charge is 0.241 e. The average Bonchev–Trinajstić information content (AvgIpc) is 2.90. The molecule has 1 nitrogen and oxygen atoms in total. The number of alkyl halides is 1. The van der Waals surface area contributed by atoms with E-state index < -0.39 is 0 Å². The van der Waals surface area contributed by atoms with E-state index in [0.29, 0.717) is 11.3 Å². The van der Waals surface area contributed by atoms with Crippen LogP contribution in [0, 0.1) is 11.3 Å². The van der Waals surface area contributed by atoms with Crippen molar-refractivity contribution in [1.82, 2.24) is 4.98 Å². The van der Waals surface area contributed by atoms with Gasteiger partial charge in [0.1, 0.15) is 0 Å². The summed E-state index contributed by atoms with van der Waals surface area (Å²) < 4.78 is 1.27. The van der Waals surface area contributed by atoms with E-state index in [2.05, 4.69) is 32.0 Å². The van der Waals surface area contributed by atoms with Crippen LogP contribution in [-0.2, 0) is 6.42 Å². The van der Waals surface area contributed by atoms with Crippen LogP contribution in [-0.4, -0.2) is 10.4 Å². The third-order valence-corrected chi connectivity index (χ3v) is 6.00. The molecule has 2 aromatic rings. The lowest BCUT2D eigenvalue weighted by Gasteiger charge is -2.30. The highest BCUT2D eigenvalue weighted by Crippen LogP contribution is 2.46. The molecule has 102 valence electrons. The molecular weight excluding hydrogens is 274 g/mol. The first-order chi connectivity index (χ1) is 9.06. The lowest BCUT2D eigenvalue weighted by Crippen LogP contribution is -2.27. The van der Waals surface area contributed by atoms with Crippen LogP contribution in [0.5, 0.6) is 0 Å². The molecule has 1 heterocycles. The van der Waals surface area contributed by atoms with E-state index in [1.54, 1.807) is 11.3 Å². The normalized spacial score (nSPS) is 23.8. The van der Waals surface area contributed by atoms with E-state index >= 15 is 0 Å². The zero-order valence-corrected chi connectivity index (χ0v) is 13.1. The van der Waals surface area contributed by atoms with Crippen LogP contribution in [0.1, 0.15) is 38.1 Å². The zero-order chi connectivity index (χ0) is 13.5.